The van der Waals surface area contributed by atoms with Crippen LogP contribution >= 0.6 is 35.0 Å². The number of rotatable bonds is 5. The van der Waals surface area contributed by atoms with E-state index >= 15 is 0 Å². The van der Waals surface area contributed by atoms with Gasteiger partial charge in [-0.1, -0.05) is 23.2 Å². The minimum absolute atomic E-state index is 0.0333. The summed E-state index contributed by atoms with van der Waals surface area (Å²) >= 11 is 13.4. The summed E-state index contributed by atoms with van der Waals surface area (Å²) in [4.78, 5) is 30.1. The van der Waals surface area contributed by atoms with E-state index in [9.17, 15) is 14.9 Å². The molecule has 0 bridgehead atoms. The molecule has 0 aliphatic carbocycles. The Morgan fingerprint density at radius 1 is 1.20 bits per heavy atom. The number of benzene rings is 1. The van der Waals surface area contributed by atoms with Crippen LogP contribution in [0.15, 0.2) is 38.6 Å². The van der Waals surface area contributed by atoms with Crippen molar-refractivity contribution >= 4 is 57.8 Å². The maximum absolute atomic E-state index is 12.8. The fourth-order valence-electron chi connectivity index (χ4n) is 2.82. The number of nitrogens with zero attached hydrogens (tertiary/aromatic N) is 3. The van der Waals surface area contributed by atoms with E-state index in [1.165, 1.54) is 23.9 Å². The van der Waals surface area contributed by atoms with Gasteiger partial charge in [0, 0.05) is 29.8 Å². The number of nitro groups is 1. The Labute approximate surface area is 187 Å². The van der Waals surface area contributed by atoms with Gasteiger partial charge in [-0.2, -0.15) is 0 Å². The molecule has 0 unspecified atom stereocenters. The zero-order valence-corrected chi connectivity index (χ0v) is 19.0. The van der Waals surface area contributed by atoms with Crippen molar-refractivity contribution in [1.82, 2.24) is 4.90 Å². The first-order valence-corrected chi connectivity index (χ1v) is 10.7. The summed E-state index contributed by atoms with van der Waals surface area (Å²) in [5.74, 6) is 0.607. The number of hydrogen-bond donors (Lipinski definition) is 0. The molecule has 1 aromatic carbocycles. The van der Waals surface area contributed by atoms with Gasteiger partial charge in [-0.3, -0.25) is 24.8 Å². The lowest BCUT2D eigenvalue weighted by Crippen LogP contribution is -2.35. The molecular formula is C20H19Cl2N3O4S. The highest BCUT2D eigenvalue weighted by molar-refractivity contribution is 8.18. The number of aliphatic imine (C=N–C) groups is 1. The summed E-state index contributed by atoms with van der Waals surface area (Å²) in [5.41, 5.74) is 0.0738. The van der Waals surface area contributed by atoms with Crippen molar-refractivity contribution in [2.45, 2.75) is 39.8 Å². The summed E-state index contributed by atoms with van der Waals surface area (Å²) in [7, 11) is 0. The fourth-order valence-corrected chi connectivity index (χ4v) is 4.58. The van der Waals surface area contributed by atoms with E-state index in [2.05, 4.69) is 4.99 Å². The molecule has 30 heavy (non-hydrogen) atoms. The molecule has 2 aromatic rings. The highest BCUT2D eigenvalue weighted by Gasteiger charge is 2.35. The Bertz CT molecular complexity index is 1080. The molecule has 1 saturated heterocycles. The number of amides is 1. The number of nitro benzene ring substituents is 1. The second-order valence-electron chi connectivity index (χ2n) is 7.13. The van der Waals surface area contributed by atoms with Gasteiger partial charge >= 0.3 is 0 Å². The third-order valence-corrected chi connectivity index (χ3v) is 5.73. The summed E-state index contributed by atoms with van der Waals surface area (Å²) in [6.07, 6.45) is 1.63. The Balaban J connectivity index is 1.96. The van der Waals surface area contributed by atoms with Crippen LogP contribution in [-0.4, -0.2) is 33.0 Å². The predicted molar refractivity (Wildman–Crippen MR) is 121 cm³/mol. The highest BCUT2D eigenvalue weighted by atomic mass is 35.5. The molecular weight excluding hydrogens is 449 g/mol. The lowest BCUT2D eigenvalue weighted by Gasteiger charge is -2.20. The molecule has 10 heteroatoms. The Hall–Kier alpha value is -2.29. The number of furan rings is 1. The van der Waals surface area contributed by atoms with Crippen LogP contribution in [0.4, 0.5) is 5.69 Å². The largest absolute Gasteiger partial charge is 0.457 e. The molecule has 0 atom stereocenters. The van der Waals surface area contributed by atoms with Crippen LogP contribution in [0.1, 0.15) is 33.5 Å². The first-order valence-electron chi connectivity index (χ1n) is 9.13. The van der Waals surface area contributed by atoms with Gasteiger partial charge in [0.1, 0.15) is 16.5 Å². The molecule has 0 radical (unpaired) electrons. The molecule has 2 heterocycles. The average molecular weight is 468 g/mol. The average Bonchev–Trinajstić information content (AvgIpc) is 3.19. The van der Waals surface area contributed by atoms with Gasteiger partial charge in [0.05, 0.1) is 14.9 Å². The van der Waals surface area contributed by atoms with Gasteiger partial charge in [-0.05, 0) is 57.7 Å². The van der Waals surface area contributed by atoms with Gasteiger partial charge in [-0.15, -0.1) is 0 Å². The lowest BCUT2D eigenvalue weighted by atomic mass is 10.1. The van der Waals surface area contributed by atoms with Gasteiger partial charge in [0.25, 0.3) is 11.6 Å². The van der Waals surface area contributed by atoms with Crippen LogP contribution in [0.3, 0.4) is 0 Å². The van der Waals surface area contributed by atoms with Crippen LogP contribution < -0.4 is 0 Å². The minimum Gasteiger partial charge on any atom is -0.457 e. The molecule has 0 N–H and O–H groups in total. The van der Waals surface area contributed by atoms with E-state index in [0.717, 1.165) is 0 Å². The van der Waals surface area contributed by atoms with Gasteiger partial charge in [0.15, 0.2) is 5.17 Å². The molecule has 1 fully saturated rings. The van der Waals surface area contributed by atoms with Gasteiger partial charge in [-0.25, -0.2) is 0 Å². The normalized spacial score (nSPS) is 17.2. The Kier molecular flexibility index (Phi) is 6.59. The van der Waals surface area contributed by atoms with Gasteiger partial charge < -0.3 is 4.42 Å². The highest BCUT2D eigenvalue weighted by Crippen LogP contribution is 2.39. The number of halogens is 2. The van der Waals surface area contributed by atoms with Crippen molar-refractivity contribution in [3.63, 3.8) is 0 Å². The van der Waals surface area contributed by atoms with Crippen LogP contribution in [-0.2, 0) is 4.79 Å². The van der Waals surface area contributed by atoms with Crippen LogP contribution in [0.5, 0.6) is 0 Å². The molecule has 1 amide bonds. The molecule has 7 nitrogen and oxygen atoms in total. The van der Waals surface area contributed by atoms with Crippen molar-refractivity contribution < 1.29 is 14.1 Å². The van der Waals surface area contributed by atoms with E-state index < -0.39 is 4.92 Å². The molecule has 0 saturated carbocycles. The van der Waals surface area contributed by atoms with Crippen molar-refractivity contribution in [3.05, 3.63) is 55.1 Å². The lowest BCUT2D eigenvalue weighted by molar-refractivity contribution is -0.384. The van der Waals surface area contributed by atoms with Crippen molar-refractivity contribution in [2.75, 3.05) is 0 Å². The summed E-state index contributed by atoms with van der Waals surface area (Å²) in [5, 5.41) is 12.0. The number of hydrogen-bond acceptors (Lipinski definition) is 6. The molecule has 1 aliphatic heterocycles. The fraction of sp³-hybridized carbons (Fsp3) is 0.300. The first-order chi connectivity index (χ1) is 14.1. The molecule has 158 valence electrons. The zero-order valence-electron chi connectivity index (χ0n) is 16.7. The smallest absolute Gasteiger partial charge is 0.288 e. The maximum atomic E-state index is 12.8. The molecule has 3 rings (SSSR count). The number of carbonyl (C=O) groups excluding carboxylic acids is 1. The predicted octanol–water partition coefficient (Wildman–Crippen LogP) is 6.25. The van der Waals surface area contributed by atoms with E-state index in [4.69, 9.17) is 27.6 Å². The van der Waals surface area contributed by atoms with E-state index in [1.807, 2.05) is 27.7 Å². The van der Waals surface area contributed by atoms with E-state index in [-0.39, 0.29) is 33.7 Å². The van der Waals surface area contributed by atoms with Crippen LogP contribution in [0.2, 0.25) is 10.0 Å². The second kappa shape index (κ2) is 8.83. The quantitative estimate of drug-likeness (QED) is 0.294. The SMILES string of the molecule is CC(C)N=C1S/C(=C/c2ccc(-c3cc([N+](=O)[O-])c(Cl)cc3Cl)o2)C(=O)N1C(C)C. The maximum Gasteiger partial charge on any atom is 0.288 e. The Morgan fingerprint density at radius 3 is 2.50 bits per heavy atom. The van der Waals surface area contributed by atoms with E-state index in [0.29, 0.717) is 27.2 Å². The Morgan fingerprint density at radius 2 is 1.90 bits per heavy atom. The van der Waals surface area contributed by atoms with Crippen molar-refractivity contribution in [2.24, 2.45) is 4.99 Å². The second-order valence-corrected chi connectivity index (χ2v) is 8.95. The number of carbonyl (C=O) groups is 1. The van der Waals surface area contributed by atoms with Crippen LogP contribution in [0, 0.1) is 10.1 Å². The summed E-state index contributed by atoms with van der Waals surface area (Å²) < 4.78 is 5.80. The van der Waals surface area contributed by atoms with Crippen molar-refractivity contribution in [1.29, 1.82) is 0 Å². The van der Waals surface area contributed by atoms with Crippen molar-refractivity contribution in [3.8, 4) is 11.3 Å². The topological polar surface area (TPSA) is 89.0 Å². The standard InChI is InChI=1S/C20H19Cl2N3O4S/c1-10(2)23-20-24(11(3)4)19(26)18(30-20)7-12-5-6-17(29-12)13-8-16(25(27)28)15(22)9-14(13)21/h5-11H,1-4H3/b18-7+,23-20?. The first kappa shape index (κ1) is 22.4. The summed E-state index contributed by atoms with van der Waals surface area (Å²) in [6, 6.07) is 5.91. The third-order valence-electron chi connectivity index (χ3n) is 4.12. The van der Waals surface area contributed by atoms with Gasteiger partial charge in [0.2, 0.25) is 0 Å². The number of amidine groups is 1. The zero-order chi connectivity index (χ0) is 22.2. The third kappa shape index (κ3) is 4.55. The minimum atomic E-state index is -0.585. The monoisotopic (exact) mass is 467 g/mol. The van der Waals surface area contributed by atoms with Crippen LogP contribution in [0.25, 0.3) is 17.4 Å². The molecule has 1 aliphatic rings. The summed E-state index contributed by atoms with van der Waals surface area (Å²) in [6.45, 7) is 7.76. The molecule has 1 aromatic heterocycles. The number of thioether (sulfide) groups is 1. The van der Waals surface area contributed by atoms with E-state index in [1.54, 1.807) is 23.1 Å². The molecule has 0 spiro atoms.